The average molecular weight is 283 g/mol. The lowest BCUT2D eigenvalue weighted by Gasteiger charge is -2.02. The molecule has 1 aromatic heterocycles. The van der Waals surface area contributed by atoms with Gasteiger partial charge in [0.05, 0.1) is 17.2 Å². The Morgan fingerprint density at radius 2 is 2.06 bits per heavy atom. The molecule has 0 bridgehead atoms. The summed E-state index contributed by atoms with van der Waals surface area (Å²) in [6.45, 7) is 6.57. The highest BCUT2D eigenvalue weighted by Crippen LogP contribution is 2.14. The predicted octanol–water partition coefficient (Wildman–Crippen LogP) is 3.21. The van der Waals surface area contributed by atoms with Gasteiger partial charge in [-0.3, -0.25) is 9.36 Å². The third-order valence-corrected chi connectivity index (χ3v) is 2.62. The van der Waals surface area contributed by atoms with Crippen LogP contribution in [0.25, 0.3) is 10.9 Å². The summed E-state index contributed by atoms with van der Waals surface area (Å²) in [6, 6.07) is 5.52. The second-order valence-electron chi connectivity index (χ2n) is 3.00. The van der Waals surface area contributed by atoms with Crippen molar-refractivity contribution in [2.45, 2.75) is 27.3 Å². The number of hydrogen-bond donors (Lipinski definition) is 0. The molecule has 0 amide bonds. The van der Waals surface area contributed by atoms with Gasteiger partial charge < -0.3 is 0 Å². The molecule has 0 aliphatic rings. The van der Waals surface area contributed by atoms with Crippen LogP contribution in [-0.2, 0) is 6.54 Å². The van der Waals surface area contributed by atoms with Crippen molar-refractivity contribution in [2.75, 3.05) is 0 Å². The number of aromatic nitrogens is 2. The van der Waals surface area contributed by atoms with E-state index in [1.54, 1.807) is 17.0 Å². The van der Waals surface area contributed by atoms with E-state index in [0.717, 1.165) is 9.99 Å². The van der Waals surface area contributed by atoms with Gasteiger partial charge in [0.15, 0.2) is 0 Å². The Morgan fingerprint density at radius 3 is 2.69 bits per heavy atom. The zero-order chi connectivity index (χ0) is 12.1. The van der Waals surface area contributed by atoms with Crippen molar-refractivity contribution < 1.29 is 0 Å². The summed E-state index contributed by atoms with van der Waals surface area (Å²) in [5.41, 5.74) is 0.752. The molecule has 86 valence electrons. The third-order valence-electron chi connectivity index (χ3n) is 2.13. The molecule has 1 aromatic carbocycles. The van der Waals surface area contributed by atoms with Gasteiger partial charge in [-0.2, -0.15) is 0 Å². The summed E-state index contributed by atoms with van der Waals surface area (Å²) < 4.78 is 2.49. The van der Waals surface area contributed by atoms with Crippen LogP contribution in [-0.4, -0.2) is 9.55 Å². The molecule has 4 heteroatoms. The highest BCUT2D eigenvalue weighted by molar-refractivity contribution is 9.10. The Morgan fingerprint density at radius 1 is 1.38 bits per heavy atom. The van der Waals surface area contributed by atoms with E-state index in [0.29, 0.717) is 11.9 Å². The molecule has 0 N–H and O–H groups in total. The van der Waals surface area contributed by atoms with Gasteiger partial charge in [0.1, 0.15) is 0 Å². The topological polar surface area (TPSA) is 34.9 Å². The van der Waals surface area contributed by atoms with Gasteiger partial charge in [0, 0.05) is 11.0 Å². The Hall–Kier alpha value is -1.16. The molecule has 16 heavy (non-hydrogen) atoms. The van der Waals surface area contributed by atoms with Gasteiger partial charge in [0.2, 0.25) is 0 Å². The molecule has 0 saturated heterocycles. The van der Waals surface area contributed by atoms with Crippen LogP contribution in [0.2, 0.25) is 0 Å². The van der Waals surface area contributed by atoms with E-state index < -0.39 is 0 Å². The molecule has 0 saturated carbocycles. The molecule has 0 radical (unpaired) electrons. The van der Waals surface area contributed by atoms with Crippen molar-refractivity contribution >= 4 is 26.8 Å². The van der Waals surface area contributed by atoms with Gasteiger partial charge in [0.25, 0.3) is 5.56 Å². The van der Waals surface area contributed by atoms with E-state index in [1.165, 1.54) is 0 Å². The van der Waals surface area contributed by atoms with E-state index in [9.17, 15) is 4.79 Å². The van der Waals surface area contributed by atoms with Gasteiger partial charge in [-0.05, 0) is 25.1 Å². The number of fused-ring (bicyclic) bond motifs is 1. The first-order valence-corrected chi connectivity index (χ1v) is 6.16. The van der Waals surface area contributed by atoms with E-state index in [4.69, 9.17) is 0 Å². The molecular formula is C12H15BrN2O. The number of aryl methyl sites for hydroxylation is 1. The molecule has 2 rings (SSSR count). The zero-order valence-electron chi connectivity index (χ0n) is 9.70. The van der Waals surface area contributed by atoms with E-state index in [2.05, 4.69) is 20.9 Å². The molecule has 0 spiro atoms. The van der Waals surface area contributed by atoms with Crippen molar-refractivity contribution in [1.82, 2.24) is 9.55 Å². The van der Waals surface area contributed by atoms with Crippen LogP contribution in [0.4, 0.5) is 0 Å². The quantitative estimate of drug-likeness (QED) is 0.805. The van der Waals surface area contributed by atoms with E-state index in [1.807, 2.05) is 32.9 Å². The van der Waals surface area contributed by atoms with E-state index >= 15 is 0 Å². The number of halogens is 1. The third kappa shape index (κ3) is 2.50. The lowest BCUT2D eigenvalue weighted by molar-refractivity contribution is 0.717. The first kappa shape index (κ1) is 12.9. The molecule has 0 atom stereocenters. The van der Waals surface area contributed by atoms with Crippen LogP contribution < -0.4 is 5.56 Å². The summed E-state index contributed by atoms with van der Waals surface area (Å²) in [7, 11) is 0. The fraction of sp³-hybridized carbons (Fsp3) is 0.333. The summed E-state index contributed by atoms with van der Waals surface area (Å²) in [4.78, 5) is 16.0. The average Bonchev–Trinajstić information content (AvgIpc) is 2.33. The fourth-order valence-corrected chi connectivity index (χ4v) is 1.72. The lowest BCUT2D eigenvalue weighted by Crippen LogP contribution is -2.19. The molecule has 2 aromatic rings. The fourth-order valence-electron chi connectivity index (χ4n) is 1.36. The van der Waals surface area contributed by atoms with Crippen LogP contribution in [0.1, 0.15) is 20.8 Å². The largest absolute Gasteiger partial charge is 0.299 e. The Balaban J connectivity index is 0.000000606. The normalized spacial score (nSPS) is 9.75. The first-order chi connectivity index (χ1) is 7.72. The number of nitrogens with zero attached hydrogens (tertiary/aromatic N) is 2. The standard InChI is InChI=1S/C10H9BrN2O.C2H6/c1-2-13-6-12-9-4-3-7(11)5-8(9)10(13)14;1-2/h3-6H,2H2,1H3;1-2H3. The van der Waals surface area contributed by atoms with Crippen LogP contribution in [0.5, 0.6) is 0 Å². The Bertz CT molecular complexity index is 534. The molecular weight excluding hydrogens is 268 g/mol. The molecule has 3 nitrogen and oxygen atoms in total. The minimum Gasteiger partial charge on any atom is -0.299 e. The number of rotatable bonds is 1. The number of hydrogen-bond acceptors (Lipinski definition) is 2. The van der Waals surface area contributed by atoms with Crippen molar-refractivity contribution in [3.63, 3.8) is 0 Å². The van der Waals surface area contributed by atoms with Crippen LogP contribution in [0.15, 0.2) is 33.8 Å². The molecule has 0 aliphatic carbocycles. The SMILES string of the molecule is CC.CCn1cnc2ccc(Br)cc2c1=O. The van der Waals surface area contributed by atoms with Crippen molar-refractivity contribution in [2.24, 2.45) is 0 Å². The monoisotopic (exact) mass is 282 g/mol. The van der Waals surface area contributed by atoms with Crippen molar-refractivity contribution in [1.29, 1.82) is 0 Å². The highest BCUT2D eigenvalue weighted by Gasteiger charge is 2.02. The van der Waals surface area contributed by atoms with Crippen LogP contribution in [0.3, 0.4) is 0 Å². The van der Waals surface area contributed by atoms with Crippen LogP contribution >= 0.6 is 15.9 Å². The molecule has 0 fully saturated rings. The predicted molar refractivity (Wildman–Crippen MR) is 70.7 cm³/mol. The van der Waals surface area contributed by atoms with Gasteiger partial charge in [-0.1, -0.05) is 29.8 Å². The maximum Gasteiger partial charge on any atom is 0.261 e. The minimum absolute atomic E-state index is 0.0128. The molecule has 0 aliphatic heterocycles. The molecule has 0 unspecified atom stereocenters. The molecule has 1 heterocycles. The lowest BCUT2D eigenvalue weighted by atomic mass is 10.2. The summed E-state index contributed by atoms with van der Waals surface area (Å²) >= 11 is 3.34. The highest BCUT2D eigenvalue weighted by atomic mass is 79.9. The zero-order valence-corrected chi connectivity index (χ0v) is 11.3. The second kappa shape index (κ2) is 5.80. The Labute approximate surface area is 103 Å². The van der Waals surface area contributed by atoms with Gasteiger partial charge in [-0.25, -0.2) is 4.98 Å². The summed E-state index contributed by atoms with van der Waals surface area (Å²) in [5, 5.41) is 0.656. The van der Waals surface area contributed by atoms with Crippen molar-refractivity contribution in [3.05, 3.63) is 39.4 Å². The van der Waals surface area contributed by atoms with Crippen molar-refractivity contribution in [3.8, 4) is 0 Å². The summed E-state index contributed by atoms with van der Waals surface area (Å²) in [6.07, 6.45) is 1.58. The smallest absolute Gasteiger partial charge is 0.261 e. The minimum atomic E-state index is 0.0128. The van der Waals surface area contributed by atoms with Gasteiger partial charge in [-0.15, -0.1) is 0 Å². The first-order valence-electron chi connectivity index (χ1n) is 5.37. The number of benzene rings is 1. The van der Waals surface area contributed by atoms with Gasteiger partial charge >= 0.3 is 0 Å². The maximum atomic E-state index is 11.8. The maximum absolute atomic E-state index is 11.8. The summed E-state index contributed by atoms with van der Waals surface area (Å²) in [5.74, 6) is 0. The Kier molecular flexibility index (Phi) is 4.68. The second-order valence-corrected chi connectivity index (χ2v) is 3.91. The van der Waals surface area contributed by atoms with Crippen LogP contribution in [0, 0.1) is 0 Å². The van der Waals surface area contributed by atoms with E-state index in [-0.39, 0.29) is 5.56 Å².